The van der Waals surface area contributed by atoms with Crippen molar-refractivity contribution in [3.8, 4) is 5.69 Å². The highest BCUT2D eigenvalue weighted by molar-refractivity contribution is 5.90. The first-order valence-electron chi connectivity index (χ1n) is 8.55. The molecule has 2 N–H and O–H groups in total. The minimum atomic E-state index is -0.353. The molecular formula is C18H25ClFN5O. The number of halogens is 2. The fourth-order valence-electron chi connectivity index (χ4n) is 3.09. The predicted octanol–water partition coefficient (Wildman–Crippen LogP) is 2.76. The lowest BCUT2D eigenvalue weighted by Gasteiger charge is -2.21. The van der Waals surface area contributed by atoms with Crippen molar-refractivity contribution in [2.24, 2.45) is 11.1 Å². The van der Waals surface area contributed by atoms with Gasteiger partial charge in [-0.15, -0.1) is 17.5 Å². The number of carbonyl (C=O) groups excluding carboxylic acids is 1. The number of nitrogens with two attached hydrogens (primary N) is 1. The first kappa shape index (κ1) is 20.3. The van der Waals surface area contributed by atoms with Gasteiger partial charge < -0.3 is 10.6 Å². The molecule has 1 aromatic carbocycles. The second kappa shape index (κ2) is 7.72. The molecule has 26 heavy (non-hydrogen) atoms. The number of likely N-dealkylation sites (tertiary alicyclic amines) is 1. The molecule has 0 saturated carbocycles. The van der Waals surface area contributed by atoms with E-state index >= 15 is 0 Å². The summed E-state index contributed by atoms with van der Waals surface area (Å²) in [5.74, 6) is 0.275. The van der Waals surface area contributed by atoms with E-state index in [1.165, 1.54) is 12.1 Å². The zero-order chi connectivity index (χ0) is 18.2. The highest BCUT2D eigenvalue weighted by atomic mass is 35.5. The Kier molecular flexibility index (Phi) is 6.03. The van der Waals surface area contributed by atoms with Gasteiger partial charge >= 0.3 is 0 Å². The molecule has 0 radical (unpaired) electrons. The second-order valence-electron chi connectivity index (χ2n) is 7.33. The molecule has 0 bridgehead atoms. The van der Waals surface area contributed by atoms with Gasteiger partial charge in [0.25, 0.3) is 5.91 Å². The number of benzene rings is 1. The van der Waals surface area contributed by atoms with Crippen LogP contribution in [0.4, 0.5) is 4.39 Å². The van der Waals surface area contributed by atoms with Crippen molar-refractivity contribution in [2.75, 3.05) is 19.6 Å². The van der Waals surface area contributed by atoms with Gasteiger partial charge in [0, 0.05) is 19.0 Å². The molecule has 2 aromatic rings. The van der Waals surface area contributed by atoms with Gasteiger partial charge in [-0.2, -0.15) is 0 Å². The van der Waals surface area contributed by atoms with Gasteiger partial charge in [0.1, 0.15) is 11.6 Å². The minimum absolute atomic E-state index is 0. The highest BCUT2D eigenvalue weighted by Gasteiger charge is 2.36. The van der Waals surface area contributed by atoms with Crippen molar-refractivity contribution in [1.29, 1.82) is 0 Å². The third-order valence-electron chi connectivity index (χ3n) is 4.73. The number of hydrogen-bond acceptors (Lipinski definition) is 4. The van der Waals surface area contributed by atoms with Crippen molar-refractivity contribution >= 4 is 18.3 Å². The zero-order valence-electron chi connectivity index (χ0n) is 15.3. The van der Waals surface area contributed by atoms with Crippen LogP contribution in [0.5, 0.6) is 0 Å². The summed E-state index contributed by atoms with van der Waals surface area (Å²) >= 11 is 0. The molecule has 0 aliphatic carbocycles. The Bertz CT molecular complexity index is 794. The fourth-order valence-corrected chi connectivity index (χ4v) is 3.09. The number of amides is 1. The number of nitrogens with zero attached hydrogens (tertiary/aromatic N) is 4. The van der Waals surface area contributed by atoms with E-state index in [9.17, 15) is 9.18 Å². The van der Waals surface area contributed by atoms with Crippen molar-refractivity contribution in [3.63, 3.8) is 0 Å². The molecule has 1 aliphatic rings. The van der Waals surface area contributed by atoms with Gasteiger partial charge in [0.05, 0.1) is 5.69 Å². The zero-order valence-corrected chi connectivity index (χ0v) is 16.1. The molecule has 1 atom stereocenters. The van der Waals surface area contributed by atoms with Crippen molar-refractivity contribution < 1.29 is 9.18 Å². The topological polar surface area (TPSA) is 77.0 Å². The first-order valence-corrected chi connectivity index (χ1v) is 8.55. The van der Waals surface area contributed by atoms with Crippen LogP contribution in [0.1, 0.15) is 49.6 Å². The largest absolute Gasteiger partial charge is 0.335 e. The van der Waals surface area contributed by atoms with Gasteiger partial charge in [0.2, 0.25) is 5.82 Å². The Morgan fingerprint density at radius 1 is 1.42 bits per heavy atom. The molecule has 142 valence electrons. The number of aromatic nitrogens is 3. The van der Waals surface area contributed by atoms with Crippen molar-refractivity contribution in [1.82, 2.24) is 19.7 Å². The van der Waals surface area contributed by atoms with Crippen LogP contribution in [-0.2, 0) is 0 Å². The maximum atomic E-state index is 13.6. The number of rotatable bonds is 4. The summed E-state index contributed by atoms with van der Waals surface area (Å²) in [4.78, 5) is 19.0. The molecule has 0 spiro atoms. The fraction of sp³-hybridized carbons (Fsp3) is 0.500. The summed E-state index contributed by atoms with van der Waals surface area (Å²) in [6.45, 7) is 7.81. The maximum absolute atomic E-state index is 13.6. The molecule has 6 nitrogen and oxygen atoms in total. The lowest BCUT2D eigenvalue weighted by molar-refractivity contribution is 0.0765. The molecule has 8 heteroatoms. The van der Waals surface area contributed by atoms with E-state index in [4.69, 9.17) is 5.73 Å². The molecule has 1 aliphatic heterocycles. The molecule has 1 fully saturated rings. The highest BCUT2D eigenvalue weighted by Crippen LogP contribution is 2.29. The van der Waals surface area contributed by atoms with Gasteiger partial charge in [-0.25, -0.2) is 14.1 Å². The van der Waals surface area contributed by atoms with E-state index in [1.807, 2.05) is 13.8 Å². The van der Waals surface area contributed by atoms with E-state index < -0.39 is 0 Å². The molecule has 1 amide bonds. The average molecular weight is 382 g/mol. The van der Waals surface area contributed by atoms with Crippen LogP contribution in [0.2, 0.25) is 0 Å². The molecule has 1 unspecified atom stereocenters. The first-order chi connectivity index (χ1) is 11.8. The van der Waals surface area contributed by atoms with Gasteiger partial charge in [-0.1, -0.05) is 26.8 Å². The van der Waals surface area contributed by atoms with Gasteiger partial charge in [-0.3, -0.25) is 4.79 Å². The van der Waals surface area contributed by atoms with E-state index in [0.717, 1.165) is 6.42 Å². The van der Waals surface area contributed by atoms with Crippen LogP contribution in [-0.4, -0.2) is 45.2 Å². The van der Waals surface area contributed by atoms with Crippen LogP contribution < -0.4 is 5.73 Å². The van der Waals surface area contributed by atoms with Crippen LogP contribution in [0.3, 0.4) is 0 Å². The summed E-state index contributed by atoms with van der Waals surface area (Å²) < 4.78 is 15.1. The van der Waals surface area contributed by atoms with E-state index in [-0.39, 0.29) is 41.3 Å². The molecule has 2 heterocycles. The van der Waals surface area contributed by atoms with E-state index in [0.29, 0.717) is 31.1 Å². The average Bonchev–Trinajstić information content (AvgIpc) is 3.19. The molecular weight excluding hydrogens is 357 g/mol. The van der Waals surface area contributed by atoms with Crippen molar-refractivity contribution in [2.45, 2.75) is 33.1 Å². The molecule has 1 aromatic heterocycles. The van der Waals surface area contributed by atoms with Gasteiger partial charge in [-0.05, 0) is 36.6 Å². The van der Waals surface area contributed by atoms with Crippen LogP contribution in [0.15, 0.2) is 24.3 Å². The van der Waals surface area contributed by atoms with Crippen LogP contribution in [0.25, 0.3) is 5.69 Å². The second-order valence-corrected chi connectivity index (χ2v) is 7.33. The maximum Gasteiger partial charge on any atom is 0.293 e. The summed E-state index contributed by atoms with van der Waals surface area (Å²) in [5, 5.41) is 4.38. The summed E-state index contributed by atoms with van der Waals surface area (Å²) in [5.41, 5.74) is 6.32. The Morgan fingerprint density at radius 3 is 2.73 bits per heavy atom. The van der Waals surface area contributed by atoms with Crippen LogP contribution in [0, 0.1) is 11.2 Å². The Balaban J connectivity index is 0.00000243. The van der Waals surface area contributed by atoms with Crippen LogP contribution >= 0.6 is 12.4 Å². The summed E-state index contributed by atoms with van der Waals surface area (Å²) in [7, 11) is 0. The Labute approximate surface area is 159 Å². The normalized spacial score (nSPS) is 19.7. The standard InChI is InChI=1S/C18H24FN5O.ClH/c1-12(2)16-21-15(17(25)23-8-7-18(3,10-20)11-23)22-24(16)14-6-4-5-13(19)9-14;/h4-6,9,12H,7-8,10-11,20H2,1-3H3;1H. The third-order valence-corrected chi connectivity index (χ3v) is 4.73. The van der Waals surface area contributed by atoms with E-state index in [2.05, 4.69) is 17.0 Å². The summed E-state index contributed by atoms with van der Waals surface area (Å²) in [6.07, 6.45) is 0.872. The quantitative estimate of drug-likeness (QED) is 0.883. The Hall–Kier alpha value is -1.99. The Morgan fingerprint density at radius 2 is 2.15 bits per heavy atom. The predicted molar refractivity (Wildman–Crippen MR) is 100 cm³/mol. The lowest BCUT2D eigenvalue weighted by atomic mass is 9.90. The van der Waals surface area contributed by atoms with E-state index in [1.54, 1.807) is 21.7 Å². The molecule has 1 saturated heterocycles. The van der Waals surface area contributed by atoms with Gasteiger partial charge in [0.15, 0.2) is 0 Å². The third kappa shape index (κ3) is 3.88. The number of carbonyl (C=O) groups is 1. The lowest BCUT2D eigenvalue weighted by Crippen LogP contribution is -2.35. The molecule has 3 rings (SSSR count). The number of hydrogen-bond donors (Lipinski definition) is 1. The summed E-state index contributed by atoms with van der Waals surface area (Å²) in [6, 6.07) is 6.12. The smallest absolute Gasteiger partial charge is 0.293 e. The van der Waals surface area contributed by atoms with Crippen molar-refractivity contribution in [3.05, 3.63) is 41.7 Å². The SMILES string of the molecule is CC(C)c1nc(C(=O)N2CCC(C)(CN)C2)nn1-c1cccc(F)c1.Cl. The minimum Gasteiger partial charge on any atom is -0.335 e. The monoisotopic (exact) mass is 381 g/mol.